The second-order valence-electron chi connectivity index (χ2n) is 6.16. The van der Waals surface area contributed by atoms with Gasteiger partial charge in [-0.3, -0.25) is 0 Å². The van der Waals surface area contributed by atoms with Gasteiger partial charge < -0.3 is 10.6 Å². The van der Waals surface area contributed by atoms with Gasteiger partial charge in [-0.25, -0.2) is 0 Å². The Kier molecular flexibility index (Phi) is 3.55. The number of hydrogen-bond acceptors (Lipinski definition) is 2. The Morgan fingerprint density at radius 3 is 2.82 bits per heavy atom. The van der Waals surface area contributed by atoms with Crippen molar-refractivity contribution in [1.82, 2.24) is 10.6 Å². The Hall–Kier alpha value is -0.860. The highest BCUT2D eigenvalue weighted by Crippen LogP contribution is 2.24. The van der Waals surface area contributed by atoms with E-state index >= 15 is 0 Å². The maximum absolute atomic E-state index is 3.61. The summed E-state index contributed by atoms with van der Waals surface area (Å²) in [6, 6.07) is 6.85. The highest BCUT2D eigenvalue weighted by Gasteiger charge is 2.21. The van der Waals surface area contributed by atoms with E-state index in [4.69, 9.17) is 0 Å². The summed E-state index contributed by atoms with van der Waals surface area (Å²) >= 11 is 0. The van der Waals surface area contributed by atoms with E-state index in [-0.39, 0.29) is 5.54 Å². The summed E-state index contributed by atoms with van der Waals surface area (Å²) in [6.45, 7) is 12.0. The number of fused-ring (bicyclic) bond motifs is 1. The fraction of sp³-hybridized carbons (Fsp3) is 0.600. The molecule has 1 aliphatic heterocycles. The van der Waals surface area contributed by atoms with E-state index in [1.807, 2.05) is 0 Å². The third-order valence-electron chi connectivity index (χ3n) is 3.32. The Morgan fingerprint density at radius 1 is 1.35 bits per heavy atom. The summed E-state index contributed by atoms with van der Waals surface area (Å²) in [5.41, 5.74) is 4.54. The van der Waals surface area contributed by atoms with E-state index in [1.54, 1.807) is 0 Å². The molecule has 0 fully saturated rings. The van der Waals surface area contributed by atoms with Crippen LogP contribution in [-0.2, 0) is 6.54 Å². The molecule has 2 heteroatoms. The summed E-state index contributed by atoms with van der Waals surface area (Å²) in [7, 11) is 0. The molecule has 94 valence electrons. The van der Waals surface area contributed by atoms with Crippen molar-refractivity contribution < 1.29 is 0 Å². The van der Waals surface area contributed by atoms with Gasteiger partial charge in [0, 0.05) is 31.1 Å². The van der Waals surface area contributed by atoms with E-state index in [1.165, 1.54) is 16.7 Å². The molecule has 0 amide bonds. The van der Waals surface area contributed by atoms with Crippen LogP contribution in [0.15, 0.2) is 18.2 Å². The predicted molar refractivity (Wildman–Crippen MR) is 73.4 cm³/mol. The highest BCUT2D eigenvalue weighted by atomic mass is 15.0. The zero-order valence-corrected chi connectivity index (χ0v) is 11.4. The Bertz CT molecular complexity index is 390. The standard InChI is InChI=1S/C15H24N2/c1-11-5-6-14-12(7-11)8-16-9-13(14)10-17-15(2,3)4/h5-7,13,16-17H,8-10H2,1-4H3. The molecule has 0 spiro atoms. The van der Waals surface area contributed by atoms with Crippen molar-refractivity contribution in [3.8, 4) is 0 Å². The lowest BCUT2D eigenvalue weighted by molar-refractivity contribution is 0.392. The van der Waals surface area contributed by atoms with Crippen LogP contribution in [0.2, 0.25) is 0 Å². The van der Waals surface area contributed by atoms with E-state index in [2.05, 4.69) is 56.5 Å². The van der Waals surface area contributed by atoms with Gasteiger partial charge in [0.1, 0.15) is 0 Å². The lowest BCUT2D eigenvalue weighted by Crippen LogP contribution is -2.42. The summed E-state index contributed by atoms with van der Waals surface area (Å²) in [5, 5.41) is 7.12. The third-order valence-corrected chi connectivity index (χ3v) is 3.32. The van der Waals surface area contributed by atoms with Gasteiger partial charge in [0.2, 0.25) is 0 Å². The van der Waals surface area contributed by atoms with Gasteiger partial charge in [-0.15, -0.1) is 0 Å². The van der Waals surface area contributed by atoms with Crippen LogP contribution >= 0.6 is 0 Å². The maximum atomic E-state index is 3.61. The van der Waals surface area contributed by atoms with Gasteiger partial charge in [0.25, 0.3) is 0 Å². The number of aryl methyl sites for hydroxylation is 1. The van der Waals surface area contributed by atoms with Crippen molar-refractivity contribution >= 4 is 0 Å². The van der Waals surface area contributed by atoms with Gasteiger partial charge in [0.05, 0.1) is 0 Å². The summed E-state index contributed by atoms with van der Waals surface area (Å²) in [4.78, 5) is 0. The van der Waals surface area contributed by atoms with Gasteiger partial charge >= 0.3 is 0 Å². The van der Waals surface area contributed by atoms with Crippen molar-refractivity contribution in [2.45, 2.75) is 45.7 Å². The van der Waals surface area contributed by atoms with Crippen molar-refractivity contribution in [3.63, 3.8) is 0 Å². The Balaban J connectivity index is 2.12. The highest BCUT2D eigenvalue weighted by molar-refractivity contribution is 5.36. The minimum Gasteiger partial charge on any atom is -0.312 e. The molecule has 0 bridgehead atoms. The topological polar surface area (TPSA) is 24.1 Å². The number of benzene rings is 1. The fourth-order valence-corrected chi connectivity index (χ4v) is 2.39. The van der Waals surface area contributed by atoms with E-state index in [9.17, 15) is 0 Å². The Morgan fingerprint density at radius 2 is 2.12 bits per heavy atom. The predicted octanol–water partition coefficient (Wildman–Crippen LogP) is 2.57. The molecule has 1 unspecified atom stereocenters. The van der Waals surface area contributed by atoms with Gasteiger partial charge in [-0.1, -0.05) is 23.8 Å². The summed E-state index contributed by atoms with van der Waals surface area (Å²) < 4.78 is 0. The zero-order valence-electron chi connectivity index (χ0n) is 11.4. The van der Waals surface area contributed by atoms with E-state index in [0.29, 0.717) is 5.92 Å². The molecule has 1 aromatic rings. The van der Waals surface area contributed by atoms with Crippen LogP contribution in [0.4, 0.5) is 0 Å². The first-order valence-electron chi connectivity index (χ1n) is 6.51. The first kappa shape index (κ1) is 12.6. The van der Waals surface area contributed by atoms with Crippen molar-refractivity contribution in [3.05, 3.63) is 34.9 Å². The lowest BCUT2D eigenvalue weighted by atomic mass is 9.89. The molecular weight excluding hydrogens is 208 g/mol. The van der Waals surface area contributed by atoms with Crippen LogP contribution in [0.5, 0.6) is 0 Å². The molecule has 0 aromatic heterocycles. The minimum absolute atomic E-state index is 0.197. The minimum atomic E-state index is 0.197. The average Bonchev–Trinajstić information content (AvgIpc) is 2.24. The average molecular weight is 232 g/mol. The number of hydrogen-bond donors (Lipinski definition) is 2. The molecule has 0 saturated heterocycles. The van der Waals surface area contributed by atoms with Crippen LogP contribution in [-0.4, -0.2) is 18.6 Å². The molecule has 2 N–H and O–H groups in total. The first-order chi connectivity index (χ1) is 7.96. The summed E-state index contributed by atoms with van der Waals surface area (Å²) in [6.07, 6.45) is 0. The smallest absolute Gasteiger partial charge is 0.0208 e. The van der Waals surface area contributed by atoms with Crippen LogP contribution in [0.3, 0.4) is 0 Å². The molecule has 1 aliphatic rings. The van der Waals surface area contributed by atoms with Crippen LogP contribution in [0.1, 0.15) is 43.4 Å². The van der Waals surface area contributed by atoms with Crippen molar-refractivity contribution in [1.29, 1.82) is 0 Å². The van der Waals surface area contributed by atoms with E-state index in [0.717, 1.165) is 19.6 Å². The van der Waals surface area contributed by atoms with Crippen molar-refractivity contribution in [2.24, 2.45) is 0 Å². The molecule has 1 atom stereocenters. The maximum Gasteiger partial charge on any atom is 0.0208 e. The molecule has 0 saturated carbocycles. The molecular formula is C15H24N2. The summed E-state index contributed by atoms with van der Waals surface area (Å²) in [5.74, 6) is 0.596. The number of rotatable bonds is 2. The zero-order chi connectivity index (χ0) is 12.5. The van der Waals surface area contributed by atoms with Gasteiger partial charge in [-0.05, 0) is 38.8 Å². The molecule has 0 radical (unpaired) electrons. The normalized spacial score (nSPS) is 20.1. The fourth-order valence-electron chi connectivity index (χ4n) is 2.39. The molecule has 17 heavy (non-hydrogen) atoms. The SMILES string of the molecule is Cc1ccc2c(c1)CNCC2CNC(C)(C)C. The van der Waals surface area contributed by atoms with Gasteiger partial charge in [0.15, 0.2) is 0 Å². The van der Waals surface area contributed by atoms with Crippen LogP contribution in [0, 0.1) is 6.92 Å². The van der Waals surface area contributed by atoms with E-state index < -0.39 is 0 Å². The second kappa shape index (κ2) is 4.79. The Labute approximate surface area is 105 Å². The molecule has 2 rings (SSSR count). The van der Waals surface area contributed by atoms with Crippen LogP contribution < -0.4 is 10.6 Å². The van der Waals surface area contributed by atoms with Crippen LogP contribution in [0.25, 0.3) is 0 Å². The number of nitrogens with one attached hydrogen (secondary N) is 2. The molecule has 2 nitrogen and oxygen atoms in total. The second-order valence-corrected chi connectivity index (χ2v) is 6.16. The third kappa shape index (κ3) is 3.30. The van der Waals surface area contributed by atoms with Crippen molar-refractivity contribution in [2.75, 3.05) is 13.1 Å². The lowest BCUT2D eigenvalue weighted by Gasteiger charge is -2.30. The largest absolute Gasteiger partial charge is 0.312 e. The quantitative estimate of drug-likeness (QED) is 0.819. The van der Waals surface area contributed by atoms with Gasteiger partial charge in [-0.2, -0.15) is 0 Å². The first-order valence-corrected chi connectivity index (χ1v) is 6.51. The monoisotopic (exact) mass is 232 g/mol. The molecule has 0 aliphatic carbocycles. The molecule has 1 aromatic carbocycles. The molecule has 1 heterocycles.